The Morgan fingerprint density at radius 3 is 2.76 bits per heavy atom. The van der Waals surface area contributed by atoms with Gasteiger partial charge in [0.25, 0.3) is 0 Å². The number of amides is 1. The third kappa shape index (κ3) is 3.50. The zero-order valence-corrected chi connectivity index (χ0v) is 15.3. The first-order valence-corrected chi connectivity index (χ1v) is 9.71. The van der Waals surface area contributed by atoms with E-state index in [0.717, 1.165) is 43.5 Å². The maximum Gasteiger partial charge on any atom is 0.234 e. The first-order valence-electron chi connectivity index (χ1n) is 9.71. The van der Waals surface area contributed by atoms with E-state index in [-0.39, 0.29) is 11.9 Å². The Bertz CT molecular complexity index is 657. The molecule has 2 aliphatic carbocycles. The lowest BCUT2D eigenvalue weighted by molar-refractivity contribution is -0.121. The summed E-state index contributed by atoms with van der Waals surface area (Å²) in [5.41, 5.74) is 3.76. The number of fused-ring (bicyclic) bond motifs is 1. The summed E-state index contributed by atoms with van der Waals surface area (Å²) >= 11 is 0. The number of likely N-dealkylation sites (N-methyl/N-ethyl adjacent to an activating group) is 1. The van der Waals surface area contributed by atoms with E-state index in [4.69, 9.17) is 9.97 Å². The highest BCUT2D eigenvalue weighted by atomic mass is 16.2. The zero-order valence-electron chi connectivity index (χ0n) is 15.3. The number of anilines is 1. The second kappa shape index (κ2) is 6.90. The highest BCUT2D eigenvalue weighted by molar-refractivity contribution is 5.78. The predicted molar refractivity (Wildman–Crippen MR) is 97.7 cm³/mol. The molecule has 0 spiro atoms. The van der Waals surface area contributed by atoms with Crippen molar-refractivity contribution in [2.24, 2.45) is 11.8 Å². The molecule has 3 aliphatic rings. The summed E-state index contributed by atoms with van der Waals surface area (Å²) in [5.74, 6) is 2.24. The first-order chi connectivity index (χ1) is 12.2. The van der Waals surface area contributed by atoms with Gasteiger partial charge in [-0.15, -0.1) is 0 Å². The van der Waals surface area contributed by atoms with Gasteiger partial charge in [0.05, 0.1) is 12.6 Å². The van der Waals surface area contributed by atoms with Crippen LogP contribution in [0.15, 0.2) is 0 Å². The van der Waals surface area contributed by atoms with Crippen LogP contribution in [0.25, 0.3) is 0 Å². The van der Waals surface area contributed by atoms with Crippen LogP contribution in [0.4, 0.5) is 5.95 Å². The van der Waals surface area contributed by atoms with Crippen LogP contribution >= 0.6 is 0 Å². The summed E-state index contributed by atoms with van der Waals surface area (Å²) in [4.78, 5) is 24.1. The van der Waals surface area contributed by atoms with Crippen molar-refractivity contribution in [2.75, 3.05) is 31.6 Å². The van der Waals surface area contributed by atoms with Gasteiger partial charge in [0.15, 0.2) is 0 Å². The molecule has 4 rings (SSSR count). The SMILES string of the molecule is CNCC(=O)N[C@H]1CN(c2nc(C)c3c(n2)CCCC3)C[C@@H]1C1CC1. The molecule has 0 bridgehead atoms. The Labute approximate surface area is 149 Å². The Hall–Kier alpha value is -1.69. The quantitative estimate of drug-likeness (QED) is 0.841. The zero-order chi connectivity index (χ0) is 17.4. The van der Waals surface area contributed by atoms with Gasteiger partial charge in [-0.3, -0.25) is 4.79 Å². The van der Waals surface area contributed by atoms with Crippen molar-refractivity contribution in [3.05, 3.63) is 17.0 Å². The number of carbonyl (C=O) groups excluding carboxylic acids is 1. The van der Waals surface area contributed by atoms with Gasteiger partial charge in [-0.2, -0.15) is 0 Å². The minimum atomic E-state index is 0.0857. The highest BCUT2D eigenvalue weighted by Crippen LogP contribution is 2.42. The first kappa shape index (κ1) is 16.8. The summed E-state index contributed by atoms with van der Waals surface area (Å²) in [5, 5.41) is 6.16. The van der Waals surface area contributed by atoms with Gasteiger partial charge in [-0.05, 0) is 64.0 Å². The van der Waals surface area contributed by atoms with Gasteiger partial charge in [-0.25, -0.2) is 9.97 Å². The molecule has 1 amide bonds. The number of nitrogens with one attached hydrogen (secondary N) is 2. The average Bonchev–Trinajstić information content (AvgIpc) is 3.36. The molecule has 1 saturated carbocycles. The van der Waals surface area contributed by atoms with E-state index in [1.54, 1.807) is 0 Å². The molecule has 2 heterocycles. The molecule has 1 saturated heterocycles. The van der Waals surface area contributed by atoms with Crippen LogP contribution in [0.5, 0.6) is 0 Å². The third-order valence-electron chi connectivity index (χ3n) is 5.94. The van der Waals surface area contributed by atoms with Crippen molar-refractivity contribution in [3.8, 4) is 0 Å². The van der Waals surface area contributed by atoms with Gasteiger partial charge in [-0.1, -0.05) is 0 Å². The topological polar surface area (TPSA) is 70.2 Å². The lowest BCUT2D eigenvalue weighted by Crippen LogP contribution is -2.44. The number of hydrogen-bond donors (Lipinski definition) is 2. The molecule has 0 radical (unpaired) electrons. The molecule has 6 heteroatoms. The summed E-state index contributed by atoms with van der Waals surface area (Å²) in [6.45, 7) is 4.29. The largest absolute Gasteiger partial charge is 0.350 e. The van der Waals surface area contributed by atoms with Crippen LogP contribution in [0, 0.1) is 18.8 Å². The van der Waals surface area contributed by atoms with Crippen LogP contribution < -0.4 is 15.5 Å². The standard InChI is InChI=1S/C19H29N5O/c1-12-14-5-3-4-6-16(14)23-19(21-12)24-10-15(13-7-8-13)17(11-24)22-18(25)9-20-2/h13,15,17,20H,3-11H2,1-2H3,(H,22,25)/t15-,17+/m1/s1. The summed E-state index contributed by atoms with van der Waals surface area (Å²) in [6, 6.07) is 0.216. The van der Waals surface area contributed by atoms with Crippen LogP contribution in [0.1, 0.15) is 42.6 Å². The van der Waals surface area contributed by atoms with Crippen molar-refractivity contribution < 1.29 is 4.79 Å². The van der Waals surface area contributed by atoms with Crippen LogP contribution in [0.2, 0.25) is 0 Å². The Morgan fingerprint density at radius 2 is 2.00 bits per heavy atom. The van der Waals surface area contributed by atoms with Crippen molar-refractivity contribution in [3.63, 3.8) is 0 Å². The number of carbonyl (C=O) groups is 1. The van der Waals surface area contributed by atoms with E-state index >= 15 is 0 Å². The molecular formula is C19H29N5O. The monoisotopic (exact) mass is 343 g/mol. The van der Waals surface area contributed by atoms with Gasteiger partial charge in [0.2, 0.25) is 11.9 Å². The molecule has 1 aromatic heterocycles. The minimum absolute atomic E-state index is 0.0857. The number of hydrogen-bond acceptors (Lipinski definition) is 5. The van der Waals surface area contributed by atoms with E-state index in [2.05, 4.69) is 22.5 Å². The number of aryl methyl sites for hydroxylation is 2. The van der Waals surface area contributed by atoms with Crippen LogP contribution in [-0.4, -0.2) is 48.6 Å². The maximum absolute atomic E-state index is 12.1. The number of nitrogens with zero attached hydrogens (tertiary/aromatic N) is 3. The Kier molecular flexibility index (Phi) is 4.63. The second-order valence-corrected chi connectivity index (χ2v) is 7.85. The van der Waals surface area contributed by atoms with E-state index in [1.807, 2.05) is 7.05 Å². The lowest BCUT2D eigenvalue weighted by Gasteiger charge is -2.22. The van der Waals surface area contributed by atoms with Crippen molar-refractivity contribution in [1.82, 2.24) is 20.6 Å². The molecule has 1 aliphatic heterocycles. The van der Waals surface area contributed by atoms with E-state index in [1.165, 1.54) is 36.9 Å². The number of rotatable bonds is 5. The minimum Gasteiger partial charge on any atom is -0.350 e. The van der Waals surface area contributed by atoms with Crippen molar-refractivity contribution in [1.29, 1.82) is 0 Å². The second-order valence-electron chi connectivity index (χ2n) is 7.85. The molecule has 25 heavy (non-hydrogen) atoms. The summed E-state index contributed by atoms with van der Waals surface area (Å²) in [7, 11) is 1.81. The molecule has 0 aromatic carbocycles. The maximum atomic E-state index is 12.1. The third-order valence-corrected chi connectivity index (χ3v) is 5.94. The molecule has 1 aromatic rings. The van der Waals surface area contributed by atoms with Gasteiger partial charge < -0.3 is 15.5 Å². The van der Waals surface area contributed by atoms with Gasteiger partial charge >= 0.3 is 0 Å². The molecule has 2 fully saturated rings. The highest BCUT2D eigenvalue weighted by Gasteiger charge is 2.43. The molecule has 0 unspecified atom stereocenters. The van der Waals surface area contributed by atoms with Gasteiger partial charge in [0, 0.05) is 30.4 Å². The normalized spacial score (nSPS) is 25.8. The van der Waals surface area contributed by atoms with E-state index in [0.29, 0.717) is 12.5 Å². The fraction of sp³-hybridized carbons (Fsp3) is 0.737. The summed E-state index contributed by atoms with van der Waals surface area (Å²) < 4.78 is 0. The van der Waals surface area contributed by atoms with Crippen LogP contribution in [-0.2, 0) is 17.6 Å². The molecule has 6 nitrogen and oxygen atoms in total. The average molecular weight is 343 g/mol. The molecule has 2 atom stereocenters. The van der Waals surface area contributed by atoms with Crippen molar-refractivity contribution >= 4 is 11.9 Å². The van der Waals surface area contributed by atoms with E-state index in [9.17, 15) is 4.79 Å². The fourth-order valence-corrected chi connectivity index (χ4v) is 4.47. The van der Waals surface area contributed by atoms with Gasteiger partial charge in [0.1, 0.15) is 0 Å². The van der Waals surface area contributed by atoms with E-state index < -0.39 is 0 Å². The number of aromatic nitrogens is 2. The fourth-order valence-electron chi connectivity index (χ4n) is 4.47. The smallest absolute Gasteiger partial charge is 0.234 e. The predicted octanol–water partition coefficient (Wildman–Crippen LogP) is 1.21. The van der Waals surface area contributed by atoms with Crippen LogP contribution in [0.3, 0.4) is 0 Å². The molecule has 2 N–H and O–H groups in total. The summed E-state index contributed by atoms with van der Waals surface area (Å²) in [6.07, 6.45) is 7.27. The van der Waals surface area contributed by atoms with Crippen molar-refractivity contribution in [2.45, 2.75) is 51.5 Å². The Balaban J connectivity index is 1.53. The lowest BCUT2D eigenvalue weighted by atomic mass is 9.95. The molecular weight excluding hydrogens is 314 g/mol. The molecule has 136 valence electrons. The Morgan fingerprint density at radius 1 is 1.20 bits per heavy atom.